The fourth-order valence-corrected chi connectivity index (χ4v) is 3.52. The van der Waals surface area contributed by atoms with Gasteiger partial charge in [-0.25, -0.2) is 0 Å². The third-order valence-corrected chi connectivity index (χ3v) is 6.30. The van der Waals surface area contributed by atoms with Gasteiger partial charge in [0, 0.05) is 5.41 Å². The predicted octanol–water partition coefficient (Wildman–Crippen LogP) is 8.06. The van der Waals surface area contributed by atoms with Gasteiger partial charge in [-0.15, -0.1) is 0 Å². The van der Waals surface area contributed by atoms with Crippen molar-refractivity contribution < 1.29 is 14.7 Å². The molecular weight excluding hydrogens is 372 g/mol. The molecule has 172 valence electrons. The molecule has 0 saturated carbocycles. The van der Waals surface area contributed by atoms with Gasteiger partial charge in [0.15, 0.2) is 0 Å². The van der Waals surface area contributed by atoms with Crippen molar-refractivity contribution in [1.82, 2.24) is 0 Å². The molecule has 0 amide bonds. The molecule has 30 heavy (non-hydrogen) atoms. The summed E-state index contributed by atoms with van der Waals surface area (Å²) in [6, 6.07) is 0. The van der Waals surface area contributed by atoms with E-state index in [-0.39, 0.29) is 11.2 Å². The predicted molar refractivity (Wildman–Crippen MR) is 129 cm³/mol. The van der Waals surface area contributed by atoms with Crippen LogP contribution in [0.4, 0.5) is 0 Å². The molecule has 0 aromatic rings. The van der Waals surface area contributed by atoms with Crippen molar-refractivity contribution in [3.8, 4) is 0 Å². The molecule has 0 aliphatic rings. The van der Waals surface area contributed by atoms with Gasteiger partial charge in [-0.3, -0.25) is 9.59 Å². The number of hydrogen-bond donors (Lipinski definition) is 1. The van der Waals surface area contributed by atoms with Crippen LogP contribution < -0.4 is 0 Å². The molecule has 0 aromatic carbocycles. The fourth-order valence-electron chi connectivity index (χ4n) is 3.52. The normalized spacial score (nSPS) is 13.4. The largest absolute Gasteiger partial charge is 0.481 e. The van der Waals surface area contributed by atoms with Crippen LogP contribution in [0, 0.1) is 10.8 Å². The minimum absolute atomic E-state index is 0.200. The number of Topliss-reactive ketones (excluding diaryl/α,β-unsaturated/α-hetero) is 1. The molecule has 0 saturated heterocycles. The van der Waals surface area contributed by atoms with E-state index in [0.717, 1.165) is 70.6 Å². The Hall–Kier alpha value is -1.64. The number of carboxylic acids is 1. The molecule has 0 unspecified atom stereocenters. The Labute approximate surface area is 185 Å². The van der Waals surface area contributed by atoms with Gasteiger partial charge < -0.3 is 5.11 Å². The SMILES string of the molecule is C=C/C(CCCCCCC(C)(C)C(=O)O)=C(\C=C/C)CCCCCC(C)(C)C(C)=O. The molecule has 0 spiro atoms. The van der Waals surface area contributed by atoms with Crippen molar-refractivity contribution >= 4 is 11.8 Å². The Bertz CT molecular complexity index is 606. The lowest BCUT2D eigenvalue weighted by atomic mass is 9.83. The Morgan fingerprint density at radius 3 is 1.73 bits per heavy atom. The molecule has 1 N–H and O–H groups in total. The molecule has 0 bridgehead atoms. The number of rotatable bonds is 17. The van der Waals surface area contributed by atoms with Crippen LogP contribution in [0.3, 0.4) is 0 Å². The van der Waals surface area contributed by atoms with Gasteiger partial charge >= 0.3 is 5.97 Å². The maximum atomic E-state index is 11.6. The Morgan fingerprint density at radius 1 is 0.800 bits per heavy atom. The smallest absolute Gasteiger partial charge is 0.309 e. The zero-order chi connectivity index (χ0) is 23.2. The molecule has 0 aromatic heterocycles. The van der Waals surface area contributed by atoms with Gasteiger partial charge in [-0.1, -0.05) is 70.8 Å². The van der Waals surface area contributed by atoms with E-state index in [4.69, 9.17) is 0 Å². The van der Waals surface area contributed by atoms with Crippen molar-refractivity contribution in [2.45, 2.75) is 112 Å². The number of allylic oxidation sites excluding steroid dienone is 5. The second-order valence-electron chi connectivity index (χ2n) is 9.86. The summed E-state index contributed by atoms with van der Waals surface area (Å²) in [5, 5.41) is 9.19. The van der Waals surface area contributed by atoms with Crippen LogP contribution in [0.5, 0.6) is 0 Å². The summed E-state index contributed by atoms with van der Waals surface area (Å²) < 4.78 is 0. The van der Waals surface area contributed by atoms with Crippen LogP contribution >= 0.6 is 0 Å². The maximum Gasteiger partial charge on any atom is 0.309 e. The highest BCUT2D eigenvalue weighted by molar-refractivity contribution is 5.81. The van der Waals surface area contributed by atoms with Gasteiger partial charge in [0.2, 0.25) is 0 Å². The van der Waals surface area contributed by atoms with E-state index < -0.39 is 11.4 Å². The summed E-state index contributed by atoms with van der Waals surface area (Å²) in [4.78, 5) is 22.8. The third-order valence-electron chi connectivity index (χ3n) is 6.30. The van der Waals surface area contributed by atoms with Crippen LogP contribution in [-0.2, 0) is 9.59 Å². The highest BCUT2D eigenvalue weighted by Gasteiger charge is 2.26. The minimum atomic E-state index is -0.708. The van der Waals surface area contributed by atoms with Gasteiger partial charge in [-0.05, 0) is 77.4 Å². The molecule has 0 radical (unpaired) electrons. The second kappa shape index (κ2) is 14.4. The highest BCUT2D eigenvalue weighted by Crippen LogP contribution is 2.27. The van der Waals surface area contributed by atoms with E-state index in [1.54, 1.807) is 20.8 Å². The van der Waals surface area contributed by atoms with Crippen LogP contribution in [0.2, 0.25) is 0 Å². The molecule has 0 aliphatic heterocycles. The topological polar surface area (TPSA) is 54.4 Å². The summed E-state index contributed by atoms with van der Waals surface area (Å²) in [5.41, 5.74) is 1.90. The Kier molecular flexibility index (Phi) is 13.6. The number of carboxylic acid groups (broad SMARTS) is 1. The molecular formula is C27H46O3. The molecule has 0 rings (SSSR count). The second-order valence-corrected chi connectivity index (χ2v) is 9.86. The number of carbonyl (C=O) groups is 2. The number of ketones is 1. The molecule has 0 heterocycles. The zero-order valence-corrected chi connectivity index (χ0v) is 20.5. The van der Waals surface area contributed by atoms with E-state index in [9.17, 15) is 14.7 Å². The average Bonchev–Trinajstić information content (AvgIpc) is 2.66. The van der Waals surface area contributed by atoms with Crippen molar-refractivity contribution in [3.63, 3.8) is 0 Å². The quantitative estimate of drug-likeness (QED) is 0.192. The van der Waals surface area contributed by atoms with Crippen molar-refractivity contribution in [1.29, 1.82) is 0 Å². The monoisotopic (exact) mass is 418 g/mol. The summed E-state index contributed by atoms with van der Waals surface area (Å²) in [7, 11) is 0. The lowest BCUT2D eigenvalue weighted by Gasteiger charge is -2.20. The Morgan fingerprint density at radius 2 is 1.27 bits per heavy atom. The summed E-state index contributed by atoms with van der Waals surface area (Å²) in [6.07, 6.45) is 17.7. The first-order valence-electron chi connectivity index (χ1n) is 11.7. The van der Waals surface area contributed by atoms with Gasteiger partial charge in [0.1, 0.15) is 5.78 Å². The first-order chi connectivity index (χ1) is 14.0. The number of carbonyl (C=O) groups excluding carboxylic acids is 1. The van der Waals surface area contributed by atoms with Gasteiger partial charge in [0.25, 0.3) is 0 Å². The molecule has 0 atom stereocenters. The average molecular weight is 419 g/mol. The lowest BCUT2D eigenvalue weighted by Crippen LogP contribution is -2.23. The van der Waals surface area contributed by atoms with Crippen LogP contribution in [0.1, 0.15) is 112 Å². The van der Waals surface area contributed by atoms with Crippen LogP contribution in [0.15, 0.2) is 36.0 Å². The number of unbranched alkanes of at least 4 members (excludes halogenated alkanes) is 5. The standard InChI is InChI=1S/C27H46O3/c1-8-17-24(19-14-12-16-20-26(4,5)22(3)28)23(9-2)18-13-10-11-15-21-27(6,7)25(29)30/h8-9,17H,2,10-16,18-21H2,1,3-7H3,(H,29,30)/b17-8-,24-23-. The van der Waals surface area contributed by atoms with E-state index in [2.05, 4.69) is 25.7 Å². The number of hydrogen-bond acceptors (Lipinski definition) is 2. The van der Waals surface area contributed by atoms with E-state index in [1.165, 1.54) is 11.1 Å². The molecule has 0 fully saturated rings. The van der Waals surface area contributed by atoms with E-state index in [0.29, 0.717) is 0 Å². The first-order valence-corrected chi connectivity index (χ1v) is 11.7. The zero-order valence-electron chi connectivity index (χ0n) is 20.5. The molecule has 3 heteroatoms. The van der Waals surface area contributed by atoms with Crippen molar-refractivity contribution in [3.05, 3.63) is 36.0 Å². The fraction of sp³-hybridized carbons (Fsp3) is 0.704. The molecule has 3 nitrogen and oxygen atoms in total. The molecule has 0 aliphatic carbocycles. The third kappa shape index (κ3) is 11.5. The number of aliphatic carboxylic acids is 1. The summed E-state index contributed by atoms with van der Waals surface area (Å²) >= 11 is 0. The summed E-state index contributed by atoms with van der Waals surface area (Å²) in [6.45, 7) is 15.5. The Balaban J connectivity index is 4.44. The van der Waals surface area contributed by atoms with Crippen LogP contribution in [-0.4, -0.2) is 16.9 Å². The van der Waals surface area contributed by atoms with E-state index in [1.807, 2.05) is 19.9 Å². The minimum Gasteiger partial charge on any atom is -0.481 e. The maximum absolute atomic E-state index is 11.6. The van der Waals surface area contributed by atoms with Gasteiger partial charge in [-0.2, -0.15) is 0 Å². The summed E-state index contributed by atoms with van der Waals surface area (Å²) in [5.74, 6) is -0.433. The van der Waals surface area contributed by atoms with Crippen molar-refractivity contribution in [2.75, 3.05) is 0 Å². The lowest BCUT2D eigenvalue weighted by molar-refractivity contribution is -0.147. The van der Waals surface area contributed by atoms with E-state index >= 15 is 0 Å². The van der Waals surface area contributed by atoms with Gasteiger partial charge in [0.05, 0.1) is 5.41 Å². The first kappa shape index (κ1) is 28.4. The highest BCUT2D eigenvalue weighted by atomic mass is 16.4. The van der Waals surface area contributed by atoms with Crippen molar-refractivity contribution in [2.24, 2.45) is 10.8 Å². The van der Waals surface area contributed by atoms with Crippen LogP contribution in [0.25, 0.3) is 0 Å².